The van der Waals surface area contributed by atoms with Crippen LogP contribution in [-0.4, -0.2) is 29.5 Å². The molecule has 1 atom stereocenters. The molecule has 7 heteroatoms. The highest BCUT2D eigenvalue weighted by Crippen LogP contribution is 2.36. The van der Waals surface area contributed by atoms with E-state index in [1.54, 1.807) is 46.9 Å². The van der Waals surface area contributed by atoms with Crippen LogP contribution in [0.3, 0.4) is 0 Å². The smallest absolute Gasteiger partial charge is 0.281 e. The van der Waals surface area contributed by atoms with Crippen molar-refractivity contribution in [2.24, 2.45) is 5.10 Å². The predicted molar refractivity (Wildman–Crippen MR) is 107 cm³/mol. The summed E-state index contributed by atoms with van der Waals surface area (Å²) in [6.45, 7) is -0.173. The Morgan fingerprint density at radius 1 is 1.15 bits per heavy atom. The van der Waals surface area contributed by atoms with E-state index in [-0.39, 0.29) is 18.6 Å². The first-order valence-electron chi connectivity index (χ1n) is 8.40. The number of amides is 1. The Balaban J connectivity index is 1.54. The molecule has 3 aromatic rings. The molecule has 1 amide bonds. The summed E-state index contributed by atoms with van der Waals surface area (Å²) in [4.78, 5) is 26.1. The third-order valence-corrected chi connectivity index (χ3v) is 6.13. The lowest BCUT2D eigenvalue weighted by Crippen LogP contribution is -2.31. The highest BCUT2D eigenvalue weighted by Gasteiger charge is 2.34. The molecule has 0 N–H and O–H groups in total. The molecule has 0 spiro atoms. The van der Waals surface area contributed by atoms with Gasteiger partial charge in [-0.2, -0.15) is 5.10 Å². The molecular weight excluding hydrogens is 380 g/mol. The summed E-state index contributed by atoms with van der Waals surface area (Å²) in [5, 5.41) is 10.1. The first-order chi connectivity index (χ1) is 13.3. The monoisotopic (exact) mass is 396 g/mol. The molecule has 2 aromatic heterocycles. The van der Waals surface area contributed by atoms with E-state index in [9.17, 15) is 9.59 Å². The number of nitrogens with zero attached hydrogens (tertiary/aromatic N) is 2. The number of thiophene rings is 2. The van der Waals surface area contributed by atoms with Crippen molar-refractivity contribution in [2.45, 2.75) is 12.5 Å². The topological polar surface area (TPSA) is 59.0 Å². The fourth-order valence-electron chi connectivity index (χ4n) is 2.95. The van der Waals surface area contributed by atoms with Gasteiger partial charge in [-0.05, 0) is 35.0 Å². The van der Waals surface area contributed by atoms with Gasteiger partial charge in [-0.1, -0.05) is 24.3 Å². The number of hydrogen-bond donors (Lipinski definition) is 0. The van der Waals surface area contributed by atoms with Crippen molar-refractivity contribution in [2.75, 3.05) is 6.61 Å². The minimum atomic E-state index is -0.236. The highest BCUT2D eigenvalue weighted by molar-refractivity contribution is 7.12. The molecule has 0 bridgehead atoms. The van der Waals surface area contributed by atoms with Gasteiger partial charge in [0.1, 0.15) is 5.75 Å². The molecule has 0 fully saturated rings. The van der Waals surface area contributed by atoms with Crippen LogP contribution in [0.5, 0.6) is 5.75 Å². The number of carbonyl (C=O) groups excluding carboxylic acids is 2. The average Bonchev–Trinajstić information content (AvgIpc) is 3.46. The Hall–Kier alpha value is -2.77. The van der Waals surface area contributed by atoms with Gasteiger partial charge >= 0.3 is 0 Å². The van der Waals surface area contributed by atoms with Gasteiger partial charge in [-0.3, -0.25) is 9.59 Å². The minimum absolute atomic E-state index is 0.125. The van der Waals surface area contributed by atoms with E-state index < -0.39 is 0 Å². The second kappa shape index (κ2) is 7.85. The molecule has 136 valence electrons. The summed E-state index contributed by atoms with van der Waals surface area (Å²) < 4.78 is 5.61. The summed E-state index contributed by atoms with van der Waals surface area (Å²) in [5.41, 5.74) is 1.33. The normalized spacial score (nSPS) is 16.2. The van der Waals surface area contributed by atoms with Crippen LogP contribution in [0.4, 0.5) is 0 Å². The molecular formula is C20H16N2O3S2. The van der Waals surface area contributed by atoms with Gasteiger partial charge in [0.15, 0.2) is 12.9 Å². The summed E-state index contributed by atoms with van der Waals surface area (Å²) in [5.74, 6) is 0.163. The maximum absolute atomic E-state index is 12.9. The largest absolute Gasteiger partial charge is 0.483 e. The number of hydrazone groups is 1. The molecule has 27 heavy (non-hydrogen) atoms. The van der Waals surface area contributed by atoms with Gasteiger partial charge in [0.05, 0.1) is 22.2 Å². The molecule has 0 aliphatic carbocycles. The summed E-state index contributed by atoms with van der Waals surface area (Å²) >= 11 is 3.22. The van der Waals surface area contributed by atoms with Crippen LogP contribution in [0.15, 0.2) is 64.4 Å². The van der Waals surface area contributed by atoms with Crippen molar-refractivity contribution >= 4 is 40.6 Å². The molecule has 0 radical (unpaired) electrons. The first-order valence-corrected chi connectivity index (χ1v) is 10.2. The van der Waals surface area contributed by atoms with Crippen LogP contribution in [0, 0.1) is 0 Å². The van der Waals surface area contributed by atoms with Crippen molar-refractivity contribution < 1.29 is 14.3 Å². The zero-order valence-electron chi connectivity index (χ0n) is 14.3. The number of aldehydes is 1. The molecule has 1 aliphatic rings. The molecule has 1 aliphatic heterocycles. The van der Waals surface area contributed by atoms with Gasteiger partial charge in [-0.15, -0.1) is 22.7 Å². The molecule has 0 saturated carbocycles. The van der Waals surface area contributed by atoms with E-state index >= 15 is 0 Å². The summed E-state index contributed by atoms with van der Waals surface area (Å²) in [6, 6.07) is 14.7. The maximum Gasteiger partial charge on any atom is 0.281 e. The van der Waals surface area contributed by atoms with Crippen LogP contribution < -0.4 is 4.74 Å². The third-order valence-electron chi connectivity index (χ3n) is 4.24. The molecule has 3 heterocycles. The summed E-state index contributed by atoms with van der Waals surface area (Å²) in [7, 11) is 0. The van der Waals surface area contributed by atoms with Gasteiger partial charge in [0, 0.05) is 11.3 Å². The zero-order valence-corrected chi connectivity index (χ0v) is 15.9. The van der Waals surface area contributed by atoms with Crippen molar-refractivity contribution in [3.05, 3.63) is 74.6 Å². The zero-order chi connectivity index (χ0) is 18.6. The summed E-state index contributed by atoms with van der Waals surface area (Å²) in [6.07, 6.45) is 1.40. The van der Waals surface area contributed by atoms with Crippen molar-refractivity contribution in [3.63, 3.8) is 0 Å². The standard InChI is InChI=1S/C20H16N2O3S2/c23-12-14-5-1-2-6-17(14)25-13-20(24)22-16(19-8-4-10-27-19)11-15(21-22)18-7-3-9-26-18/h1-10,12,16H,11,13H2/t16-/m0/s1. The van der Waals surface area contributed by atoms with Crippen molar-refractivity contribution in [1.29, 1.82) is 0 Å². The van der Waals surface area contributed by atoms with E-state index in [0.717, 1.165) is 21.8 Å². The molecule has 0 unspecified atom stereocenters. The van der Waals surface area contributed by atoms with Gasteiger partial charge in [0.2, 0.25) is 0 Å². The number of para-hydroxylation sites is 1. The number of carbonyl (C=O) groups is 2. The maximum atomic E-state index is 12.9. The fraction of sp³-hybridized carbons (Fsp3) is 0.150. The van der Waals surface area contributed by atoms with Gasteiger partial charge in [0.25, 0.3) is 5.91 Å². The third kappa shape index (κ3) is 3.70. The second-order valence-corrected chi connectivity index (χ2v) is 7.87. The van der Waals surface area contributed by atoms with E-state index in [1.165, 1.54) is 5.01 Å². The predicted octanol–water partition coefficient (Wildman–Crippen LogP) is 4.38. The van der Waals surface area contributed by atoms with E-state index in [2.05, 4.69) is 5.10 Å². The Bertz CT molecular complexity index is 965. The van der Waals surface area contributed by atoms with Crippen molar-refractivity contribution in [1.82, 2.24) is 5.01 Å². The Kier molecular flexibility index (Phi) is 5.13. The average molecular weight is 396 g/mol. The molecule has 1 aromatic carbocycles. The number of benzene rings is 1. The van der Waals surface area contributed by atoms with E-state index in [0.29, 0.717) is 17.7 Å². The second-order valence-electron chi connectivity index (χ2n) is 5.94. The Labute approximate surface area is 164 Å². The lowest BCUT2D eigenvalue weighted by Gasteiger charge is -2.20. The number of rotatable bonds is 6. The van der Waals surface area contributed by atoms with E-state index in [1.807, 2.05) is 35.0 Å². The lowest BCUT2D eigenvalue weighted by molar-refractivity contribution is -0.135. The van der Waals surface area contributed by atoms with Gasteiger partial charge in [-0.25, -0.2) is 5.01 Å². The number of hydrogen-bond acceptors (Lipinski definition) is 6. The Morgan fingerprint density at radius 2 is 1.96 bits per heavy atom. The lowest BCUT2D eigenvalue weighted by atomic mass is 10.1. The highest BCUT2D eigenvalue weighted by atomic mass is 32.1. The van der Waals surface area contributed by atoms with Gasteiger partial charge < -0.3 is 4.74 Å². The Morgan fingerprint density at radius 3 is 2.70 bits per heavy atom. The SMILES string of the molecule is O=Cc1ccccc1OCC(=O)N1N=C(c2cccs2)C[C@H]1c1cccs1. The van der Waals surface area contributed by atoms with Crippen LogP contribution in [0.2, 0.25) is 0 Å². The molecule has 4 rings (SSSR count). The quantitative estimate of drug-likeness (QED) is 0.581. The van der Waals surface area contributed by atoms with Crippen molar-refractivity contribution in [3.8, 4) is 5.75 Å². The van der Waals surface area contributed by atoms with Crippen LogP contribution in [0.1, 0.15) is 32.6 Å². The van der Waals surface area contributed by atoms with Crippen LogP contribution in [0.25, 0.3) is 0 Å². The molecule has 5 nitrogen and oxygen atoms in total. The van der Waals surface area contributed by atoms with Crippen LogP contribution >= 0.6 is 22.7 Å². The molecule has 0 saturated heterocycles. The number of ether oxygens (including phenoxy) is 1. The first kappa shape index (κ1) is 17.6. The fourth-order valence-corrected chi connectivity index (χ4v) is 4.48. The van der Waals surface area contributed by atoms with E-state index in [4.69, 9.17) is 4.74 Å². The minimum Gasteiger partial charge on any atom is -0.483 e. The van der Waals surface area contributed by atoms with Crippen LogP contribution in [-0.2, 0) is 4.79 Å².